The molecule has 154 valence electrons. The minimum atomic E-state index is -0.929. The van der Waals surface area contributed by atoms with Crippen molar-refractivity contribution in [3.63, 3.8) is 0 Å². The van der Waals surface area contributed by atoms with Gasteiger partial charge in [-0.25, -0.2) is 4.79 Å². The molecule has 0 fully saturated rings. The van der Waals surface area contributed by atoms with Crippen LogP contribution in [0.15, 0.2) is 65.2 Å². The van der Waals surface area contributed by atoms with E-state index in [1.807, 2.05) is 30.3 Å². The Hall–Kier alpha value is -2.24. The molecule has 0 saturated heterocycles. The van der Waals surface area contributed by atoms with Crippen LogP contribution in [-0.2, 0) is 17.6 Å². The maximum absolute atomic E-state index is 12.0. The smallest absolute Gasteiger partial charge is 0.335 e. The first-order chi connectivity index (χ1) is 13.9. The van der Waals surface area contributed by atoms with Gasteiger partial charge in [0.1, 0.15) is 5.78 Å². The maximum Gasteiger partial charge on any atom is 0.335 e. The van der Waals surface area contributed by atoms with Crippen LogP contribution in [0.3, 0.4) is 0 Å². The summed E-state index contributed by atoms with van der Waals surface area (Å²) in [5.41, 5.74) is 2.40. The van der Waals surface area contributed by atoms with Gasteiger partial charge in [0.15, 0.2) is 0 Å². The third kappa shape index (κ3) is 9.20. The fourth-order valence-corrected chi connectivity index (χ4v) is 3.52. The van der Waals surface area contributed by atoms with E-state index in [2.05, 4.69) is 15.9 Å². The van der Waals surface area contributed by atoms with E-state index in [1.165, 1.54) is 0 Å². The van der Waals surface area contributed by atoms with Crippen molar-refractivity contribution in [2.45, 2.75) is 51.0 Å². The molecule has 29 heavy (non-hydrogen) atoms. The van der Waals surface area contributed by atoms with Crippen LogP contribution in [0.2, 0.25) is 0 Å². The van der Waals surface area contributed by atoms with Gasteiger partial charge in [-0.3, -0.25) is 4.79 Å². The average molecular weight is 459 g/mol. The van der Waals surface area contributed by atoms with Crippen LogP contribution in [-0.4, -0.2) is 28.1 Å². The number of carbonyl (C=O) groups is 2. The first-order valence-electron chi connectivity index (χ1n) is 9.87. The van der Waals surface area contributed by atoms with E-state index in [1.54, 1.807) is 30.3 Å². The van der Waals surface area contributed by atoms with Crippen molar-refractivity contribution in [3.05, 3.63) is 81.8 Å². The van der Waals surface area contributed by atoms with Gasteiger partial charge in [-0.15, -0.1) is 0 Å². The lowest BCUT2D eigenvalue weighted by molar-refractivity contribution is -0.119. The Balaban J connectivity index is 1.58. The molecule has 2 rings (SSSR count). The first kappa shape index (κ1) is 23.0. The minimum Gasteiger partial charge on any atom is -0.478 e. The van der Waals surface area contributed by atoms with Crippen molar-refractivity contribution >= 4 is 27.7 Å². The van der Waals surface area contributed by atoms with Gasteiger partial charge in [0.2, 0.25) is 0 Å². The van der Waals surface area contributed by atoms with E-state index in [-0.39, 0.29) is 11.3 Å². The van der Waals surface area contributed by atoms with Gasteiger partial charge in [-0.2, -0.15) is 0 Å². The number of ketones is 1. The van der Waals surface area contributed by atoms with E-state index in [9.17, 15) is 14.7 Å². The molecule has 0 aliphatic heterocycles. The van der Waals surface area contributed by atoms with Gasteiger partial charge in [-0.05, 0) is 61.1 Å². The SMILES string of the molecule is O=C(CCCC=CC(O)Cc1cccc(Br)c1)CCCc1ccc(C(=O)O)cc1. The Morgan fingerprint density at radius 1 is 1.00 bits per heavy atom. The lowest BCUT2D eigenvalue weighted by atomic mass is 10.0. The summed E-state index contributed by atoms with van der Waals surface area (Å²) in [6, 6.07) is 14.7. The van der Waals surface area contributed by atoms with Crippen molar-refractivity contribution in [3.8, 4) is 0 Å². The highest BCUT2D eigenvalue weighted by Gasteiger charge is 2.05. The van der Waals surface area contributed by atoms with Crippen molar-refractivity contribution in [2.75, 3.05) is 0 Å². The number of Topliss-reactive ketones (excluding diaryl/α,β-unsaturated/α-hetero) is 1. The first-order valence-corrected chi connectivity index (χ1v) is 10.7. The summed E-state index contributed by atoms with van der Waals surface area (Å²) in [6.45, 7) is 0. The number of hydrogen-bond donors (Lipinski definition) is 2. The molecule has 0 aliphatic rings. The predicted octanol–water partition coefficient (Wildman–Crippen LogP) is 5.37. The summed E-state index contributed by atoms with van der Waals surface area (Å²) >= 11 is 3.42. The van der Waals surface area contributed by atoms with Crippen molar-refractivity contribution < 1.29 is 19.8 Å². The quantitative estimate of drug-likeness (QED) is 0.331. The number of aromatic carboxylic acids is 1. The molecule has 0 saturated carbocycles. The zero-order valence-electron chi connectivity index (χ0n) is 16.4. The summed E-state index contributed by atoms with van der Waals surface area (Å²) < 4.78 is 1.00. The number of allylic oxidation sites excluding steroid dienone is 1. The maximum atomic E-state index is 12.0. The van der Waals surface area contributed by atoms with Crippen molar-refractivity contribution in [1.29, 1.82) is 0 Å². The Kier molecular flexibility index (Phi) is 9.81. The zero-order chi connectivity index (χ0) is 21.1. The summed E-state index contributed by atoms with van der Waals surface area (Å²) in [4.78, 5) is 22.8. The third-order valence-electron chi connectivity index (χ3n) is 4.64. The zero-order valence-corrected chi connectivity index (χ0v) is 18.0. The number of carbonyl (C=O) groups excluding carboxylic acids is 1. The number of halogens is 1. The minimum absolute atomic E-state index is 0.246. The molecule has 1 atom stereocenters. The highest BCUT2D eigenvalue weighted by Crippen LogP contribution is 2.14. The van der Waals surface area contributed by atoms with Crippen molar-refractivity contribution in [2.24, 2.45) is 0 Å². The van der Waals surface area contributed by atoms with Crippen LogP contribution in [0.25, 0.3) is 0 Å². The molecular formula is C24H27BrO4. The molecule has 2 aromatic rings. The Morgan fingerprint density at radius 2 is 1.72 bits per heavy atom. The molecule has 0 amide bonds. The number of rotatable bonds is 12. The summed E-state index contributed by atoms with van der Waals surface area (Å²) in [5, 5.41) is 19.0. The Labute approximate surface area is 180 Å². The van der Waals surface area contributed by atoms with E-state index < -0.39 is 12.1 Å². The topological polar surface area (TPSA) is 74.6 Å². The molecule has 2 aromatic carbocycles. The second-order valence-electron chi connectivity index (χ2n) is 7.12. The fraction of sp³-hybridized carbons (Fsp3) is 0.333. The summed E-state index contributed by atoms with van der Waals surface area (Å²) in [5.74, 6) is -0.684. The highest BCUT2D eigenvalue weighted by molar-refractivity contribution is 9.10. The molecule has 0 radical (unpaired) electrons. The number of carboxylic acid groups (broad SMARTS) is 1. The van der Waals surface area contributed by atoms with Gasteiger partial charge >= 0.3 is 5.97 Å². The van der Waals surface area contributed by atoms with E-state index >= 15 is 0 Å². The summed E-state index contributed by atoms with van der Waals surface area (Å²) in [6.07, 6.45) is 7.98. The molecule has 0 bridgehead atoms. The largest absolute Gasteiger partial charge is 0.478 e. The normalized spacial score (nSPS) is 12.2. The van der Waals surface area contributed by atoms with Gasteiger partial charge in [0.25, 0.3) is 0 Å². The number of benzene rings is 2. The number of aryl methyl sites for hydroxylation is 1. The van der Waals surface area contributed by atoms with E-state index in [0.29, 0.717) is 19.3 Å². The molecule has 0 spiro atoms. The van der Waals surface area contributed by atoms with Gasteiger partial charge in [0, 0.05) is 23.7 Å². The number of hydrogen-bond acceptors (Lipinski definition) is 3. The molecule has 2 N–H and O–H groups in total. The molecular weight excluding hydrogens is 432 g/mol. The number of carboxylic acids is 1. The predicted molar refractivity (Wildman–Crippen MR) is 118 cm³/mol. The molecule has 0 heterocycles. The monoisotopic (exact) mass is 458 g/mol. The second-order valence-corrected chi connectivity index (χ2v) is 8.03. The van der Waals surface area contributed by atoms with Crippen LogP contribution in [0.5, 0.6) is 0 Å². The fourth-order valence-electron chi connectivity index (χ4n) is 3.07. The highest BCUT2D eigenvalue weighted by atomic mass is 79.9. The Bertz CT molecular complexity index is 827. The summed E-state index contributed by atoms with van der Waals surface area (Å²) in [7, 11) is 0. The van der Waals surface area contributed by atoms with Gasteiger partial charge in [0.05, 0.1) is 11.7 Å². The van der Waals surface area contributed by atoms with E-state index in [4.69, 9.17) is 5.11 Å². The van der Waals surface area contributed by atoms with Gasteiger partial charge < -0.3 is 10.2 Å². The average Bonchev–Trinajstić information content (AvgIpc) is 2.68. The van der Waals surface area contributed by atoms with Crippen LogP contribution >= 0.6 is 15.9 Å². The third-order valence-corrected chi connectivity index (χ3v) is 5.13. The van der Waals surface area contributed by atoms with E-state index in [0.717, 1.165) is 41.3 Å². The van der Waals surface area contributed by atoms with Crippen LogP contribution < -0.4 is 0 Å². The molecule has 0 aliphatic carbocycles. The van der Waals surface area contributed by atoms with Crippen molar-refractivity contribution in [1.82, 2.24) is 0 Å². The Morgan fingerprint density at radius 3 is 2.41 bits per heavy atom. The molecule has 5 heteroatoms. The van der Waals surface area contributed by atoms with Gasteiger partial charge in [-0.1, -0.05) is 52.3 Å². The lowest BCUT2D eigenvalue weighted by Crippen LogP contribution is -2.06. The molecule has 4 nitrogen and oxygen atoms in total. The molecule has 0 aromatic heterocycles. The second kappa shape index (κ2) is 12.3. The lowest BCUT2D eigenvalue weighted by Gasteiger charge is -2.06. The van der Waals surface area contributed by atoms with Crippen LogP contribution in [0.4, 0.5) is 0 Å². The number of unbranched alkanes of at least 4 members (excludes halogenated alkanes) is 1. The van der Waals surface area contributed by atoms with Crippen LogP contribution in [0, 0.1) is 0 Å². The standard InChI is InChI=1S/C24H27BrO4/c25-21-8-4-7-19(16-21)17-23(27)10-3-1-2-9-22(26)11-5-6-18-12-14-20(15-13-18)24(28)29/h3-4,7-8,10,12-16,23,27H,1-2,5-6,9,11,17H2,(H,28,29). The number of aliphatic hydroxyl groups excluding tert-OH is 1. The molecule has 1 unspecified atom stereocenters. The number of aliphatic hydroxyl groups is 1. The van der Waals surface area contributed by atoms with Crippen LogP contribution in [0.1, 0.15) is 53.6 Å².